The molecule has 1 aromatic rings. The van der Waals surface area contributed by atoms with E-state index in [1.807, 2.05) is 6.92 Å². The minimum atomic E-state index is -1.25. The fraction of sp³-hybridized carbons (Fsp3) is 0.300. The number of carboxylic acid groups (broad SMARTS) is 1. The van der Waals surface area contributed by atoms with E-state index in [2.05, 4.69) is 0 Å². The van der Waals surface area contributed by atoms with Crippen LogP contribution in [0.3, 0.4) is 0 Å². The Kier molecular flexibility index (Phi) is 6.35. The summed E-state index contributed by atoms with van der Waals surface area (Å²) in [5.41, 5.74) is -0.0510. The first-order chi connectivity index (χ1) is 6.99. The van der Waals surface area contributed by atoms with Crippen LogP contribution in [0.15, 0.2) is 6.07 Å². The maximum Gasteiger partial charge on any atom is 1.00 e. The Balaban J connectivity index is 0. The molecule has 0 atom stereocenters. The molecule has 0 aliphatic rings. The summed E-state index contributed by atoms with van der Waals surface area (Å²) in [5.74, 6) is -3.12. The predicted octanol–water partition coefficient (Wildman–Crippen LogP) is -1.43. The number of carbonyl (C=O) groups is 1. The van der Waals surface area contributed by atoms with Crippen molar-refractivity contribution in [3.05, 3.63) is 17.2 Å². The molecule has 0 spiro atoms. The summed E-state index contributed by atoms with van der Waals surface area (Å²) in [4.78, 5) is 10.8. The first-order valence-corrected chi connectivity index (χ1v) is 4.49. The molecule has 84 valence electrons. The van der Waals surface area contributed by atoms with Gasteiger partial charge >= 0.3 is 57.4 Å². The smallest absolute Gasteiger partial charge is 1.00 e. The summed E-state index contributed by atoms with van der Waals surface area (Å²) in [5, 5.41) is 36.7. The van der Waals surface area contributed by atoms with Crippen LogP contribution < -0.4 is 51.4 Å². The van der Waals surface area contributed by atoms with Crippen molar-refractivity contribution in [3.63, 3.8) is 0 Å². The Bertz CT molecular complexity index is 408. The quantitative estimate of drug-likeness (QED) is 0.390. The molecule has 0 amide bonds. The SMILES string of the molecule is CCCc1c(C(=O)O)cc(O)c(O)c1O.[H-].[K+]. The van der Waals surface area contributed by atoms with Crippen molar-refractivity contribution >= 4 is 5.97 Å². The van der Waals surface area contributed by atoms with Crippen molar-refractivity contribution in [1.82, 2.24) is 0 Å². The van der Waals surface area contributed by atoms with Gasteiger partial charge in [0.15, 0.2) is 11.5 Å². The van der Waals surface area contributed by atoms with Gasteiger partial charge in [-0.05, 0) is 12.5 Å². The number of rotatable bonds is 3. The van der Waals surface area contributed by atoms with Gasteiger partial charge < -0.3 is 21.9 Å². The van der Waals surface area contributed by atoms with Crippen LogP contribution in [-0.4, -0.2) is 26.4 Å². The third-order valence-corrected chi connectivity index (χ3v) is 2.09. The first kappa shape index (κ1) is 15.7. The van der Waals surface area contributed by atoms with Crippen molar-refractivity contribution < 1.29 is 78.0 Å². The Morgan fingerprint density at radius 1 is 1.31 bits per heavy atom. The van der Waals surface area contributed by atoms with Crippen LogP contribution in [0.5, 0.6) is 17.2 Å². The molecule has 16 heavy (non-hydrogen) atoms. The van der Waals surface area contributed by atoms with E-state index in [0.29, 0.717) is 12.8 Å². The topological polar surface area (TPSA) is 98.0 Å². The maximum atomic E-state index is 10.8. The van der Waals surface area contributed by atoms with Gasteiger partial charge in [0.2, 0.25) is 5.75 Å². The zero-order chi connectivity index (χ0) is 11.6. The molecule has 0 aromatic heterocycles. The number of aromatic carboxylic acids is 1. The summed E-state index contributed by atoms with van der Waals surface area (Å²) in [6, 6.07) is 0.933. The van der Waals surface area contributed by atoms with E-state index in [4.69, 9.17) is 10.2 Å². The molecule has 1 aromatic carbocycles. The molecule has 5 nitrogen and oxygen atoms in total. The Labute approximate surface area is 137 Å². The molecule has 0 aliphatic carbocycles. The Hall–Kier alpha value is -0.274. The van der Waals surface area contributed by atoms with Crippen molar-refractivity contribution in [2.45, 2.75) is 19.8 Å². The van der Waals surface area contributed by atoms with Gasteiger partial charge in [0, 0.05) is 5.56 Å². The molecule has 0 unspecified atom stereocenters. The summed E-state index contributed by atoms with van der Waals surface area (Å²) >= 11 is 0. The Morgan fingerprint density at radius 3 is 2.31 bits per heavy atom. The number of hydrogen-bond acceptors (Lipinski definition) is 4. The number of hydrogen-bond donors (Lipinski definition) is 4. The van der Waals surface area contributed by atoms with E-state index in [0.717, 1.165) is 6.07 Å². The van der Waals surface area contributed by atoms with Crippen molar-refractivity contribution in [2.24, 2.45) is 0 Å². The van der Waals surface area contributed by atoms with Gasteiger partial charge in [-0.15, -0.1) is 0 Å². The second-order valence-electron chi connectivity index (χ2n) is 3.17. The van der Waals surface area contributed by atoms with Crippen molar-refractivity contribution in [2.75, 3.05) is 0 Å². The molecule has 6 heteroatoms. The fourth-order valence-corrected chi connectivity index (χ4v) is 1.38. The van der Waals surface area contributed by atoms with Gasteiger partial charge in [-0.3, -0.25) is 0 Å². The average molecular weight is 252 g/mol. The van der Waals surface area contributed by atoms with E-state index < -0.39 is 23.2 Å². The molecule has 1 rings (SSSR count). The maximum absolute atomic E-state index is 10.8. The largest absolute Gasteiger partial charge is 1.00 e. The molecule has 0 saturated carbocycles. The van der Waals surface area contributed by atoms with Crippen LogP contribution >= 0.6 is 0 Å². The average Bonchev–Trinajstić information content (AvgIpc) is 2.18. The number of phenolic OH excluding ortho intramolecular Hbond substituents is 3. The molecule has 0 heterocycles. The third kappa shape index (κ3) is 3.11. The number of aromatic hydroxyl groups is 3. The molecule has 0 radical (unpaired) electrons. The van der Waals surface area contributed by atoms with Crippen LogP contribution in [0.4, 0.5) is 0 Å². The van der Waals surface area contributed by atoms with Gasteiger partial charge in [-0.1, -0.05) is 13.3 Å². The molecule has 4 N–H and O–H groups in total. The first-order valence-electron chi connectivity index (χ1n) is 4.49. The Morgan fingerprint density at radius 2 is 1.88 bits per heavy atom. The van der Waals surface area contributed by atoms with Crippen molar-refractivity contribution in [1.29, 1.82) is 0 Å². The standard InChI is InChI=1S/C10H12O5.K.H/c1-2-3-5-6(10(14)15)4-7(11)9(13)8(5)12;;/h4,11-13H,2-3H2,1H3,(H,14,15);;/q;+1;-1. The molecule has 0 bridgehead atoms. The zero-order valence-electron chi connectivity index (χ0n) is 10.2. The van der Waals surface area contributed by atoms with Gasteiger partial charge in [0.05, 0.1) is 5.56 Å². The summed E-state index contributed by atoms with van der Waals surface area (Å²) < 4.78 is 0. The summed E-state index contributed by atoms with van der Waals surface area (Å²) in [6.07, 6.45) is 0.944. The van der Waals surface area contributed by atoms with Gasteiger partial charge in [0.1, 0.15) is 0 Å². The number of benzene rings is 1. The summed E-state index contributed by atoms with van der Waals surface area (Å²) in [6.45, 7) is 1.81. The van der Waals surface area contributed by atoms with E-state index in [-0.39, 0.29) is 63.9 Å². The van der Waals surface area contributed by atoms with Crippen LogP contribution in [0.1, 0.15) is 30.7 Å². The van der Waals surface area contributed by atoms with E-state index in [1.54, 1.807) is 0 Å². The van der Waals surface area contributed by atoms with E-state index in [9.17, 15) is 15.0 Å². The van der Waals surface area contributed by atoms with Gasteiger partial charge in [-0.25, -0.2) is 4.79 Å². The minimum absolute atomic E-state index is 0. The van der Waals surface area contributed by atoms with Gasteiger partial charge in [0.25, 0.3) is 0 Å². The van der Waals surface area contributed by atoms with Crippen LogP contribution in [0.2, 0.25) is 0 Å². The molecular weight excluding hydrogens is 239 g/mol. The third-order valence-electron chi connectivity index (χ3n) is 2.09. The van der Waals surface area contributed by atoms with Crippen LogP contribution in [0, 0.1) is 0 Å². The van der Waals surface area contributed by atoms with Crippen LogP contribution in [0.25, 0.3) is 0 Å². The molecule has 0 saturated heterocycles. The molecular formula is C10H13KO5. The normalized spacial score (nSPS) is 9.56. The monoisotopic (exact) mass is 252 g/mol. The second-order valence-corrected chi connectivity index (χ2v) is 3.17. The van der Waals surface area contributed by atoms with E-state index >= 15 is 0 Å². The number of phenols is 3. The molecule has 0 fully saturated rings. The fourth-order valence-electron chi connectivity index (χ4n) is 1.38. The zero-order valence-corrected chi connectivity index (χ0v) is 12.3. The second kappa shape index (κ2) is 6.46. The van der Waals surface area contributed by atoms with Gasteiger partial charge in [-0.2, -0.15) is 0 Å². The summed E-state index contributed by atoms with van der Waals surface area (Å²) in [7, 11) is 0. The van der Waals surface area contributed by atoms with Crippen molar-refractivity contribution in [3.8, 4) is 17.2 Å². The molecule has 0 aliphatic heterocycles. The number of carboxylic acids is 1. The van der Waals surface area contributed by atoms with Crippen LogP contribution in [-0.2, 0) is 6.42 Å². The minimum Gasteiger partial charge on any atom is -1.00 e. The predicted molar refractivity (Wildman–Crippen MR) is 53.5 cm³/mol. The van der Waals surface area contributed by atoms with E-state index in [1.165, 1.54) is 0 Å².